The molecule has 0 saturated heterocycles. The molecule has 0 aliphatic carbocycles. The minimum absolute atomic E-state index is 0.0970. The van der Waals surface area contributed by atoms with Crippen molar-refractivity contribution in [2.75, 3.05) is 13.7 Å². The van der Waals surface area contributed by atoms with Crippen LogP contribution in [0.1, 0.15) is 19.4 Å². The molecule has 1 heterocycles. The molecular weight excluding hydrogens is 244 g/mol. The van der Waals surface area contributed by atoms with E-state index in [1.54, 1.807) is 19.9 Å². The fraction of sp³-hybridized carbons (Fsp3) is 0.500. The van der Waals surface area contributed by atoms with Crippen LogP contribution in [0.5, 0.6) is 5.88 Å². The number of pyridine rings is 1. The van der Waals surface area contributed by atoms with Gasteiger partial charge >= 0.3 is 5.97 Å². The van der Waals surface area contributed by atoms with Crippen molar-refractivity contribution in [3.63, 3.8) is 0 Å². The fourth-order valence-electron chi connectivity index (χ4n) is 1.36. The smallest absolute Gasteiger partial charge is 0.315 e. The van der Waals surface area contributed by atoms with E-state index in [9.17, 15) is 13.6 Å². The summed E-state index contributed by atoms with van der Waals surface area (Å²) in [5.74, 6) is -0.301. The minimum atomic E-state index is -2.54. The van der Waals surface area contributed by atoms with E-state index in [2.05, 4.69) is 9.72 Å². The second-order valence-electron chi connectivity index (χ2n) is 4.20. The van der Waals surface area contributed by atoms with E-state index in [-0.39, 0.29) is 5.88 Å². The van der Waals surface area contributed by atoms with Gasteiger partial charge in [0.2, 0.25) is 5.88 Å². The molecular formula is C12H15F2NO3. The van der Waals surface area contributed by atoms with Gasteiger partial charge in [0.15, 0.2) is 6.61 Å². The number of nitrogens with zero attached hydrogens (tertiary/aromatic N) is 1. The van der Waals surface area contributed by atoms with Gasteiger partial charge in [-0.15, -0.1) is 0 Å². The van der Waals surface area contributed by atoms with E-state index in [1.165, 1.54) is 19.4 Å². The number of methoxy groups -OCH3 is 1. The van der Waals surface area contributed by atoms with E-state index in [4.69, 9.17) is 4.74 Å². The van der Waals surface area contributed by atoms with Crippen molar-refractivity contribution in [1.82, 2.24) is 4.98 Å². The van der Waals surface area contributed by atoms with Crippen LogP contribution in [0.15, 0.2) is 18.3 Å². The molecule has 0 saturated carbocycles. The van der Waals surface area contributed by atoms with Gasteiger partial charge in [-0.2, -0.15) is 0 Å². The molecule has 0 fully saturated rings. The predicted molar refractivity (Wildman–Crippen MR) is 60.8 cm³/mol. The summed E-state index contributed by atoms with van der Waals surface area (Å²) in [7, 11) is 1.30. The first-order chi connectivity index (χ1) is 8.37. The van der Waals surface area contributed by atoms with E-state index in [0.29, 0.717) is 5.56 Å². The lowest BCUT2D eigenvalue weighted by Gasteiger charge is -2.21. The average Bonchev–Trinajstić information content (AvgIpc) is 2.35. The summed E-state index contributed by atoms with van der Waals surface area (Å²) in [6.07, 6.45) is -1.13. The summed E-state index contributed by atoms with van der Waals surface area (Å²) in [5.41, 5.74) is -0.220. The van der Waals surface area contributed by atoms with Crippen molar-refractivity contribution in [3.05, 3.63) is 23.9 Å². The normalized spacial score (nSPS) is 11.4. The van der Waals surface area contributed by atoms with Crippen LogP contribution in [0.3, 0.4) is 0 Å². The number of halogens is 2. The number of aromatic nitrogens is 1. The van der Waals surface area contributed by atoms with Gasteiger partial charge in [0.25, 0.3) is 6.43 Å². The van der Waals surface area contributed by atoms with Gasteiger partial charge in [0.05, 0.1) is 12.5 Å². The Kier molecular flexibility index (Phi) is 4.58. The molecule has 18 heavy (non-hydrogen) atoms. The second kappa shape index (κ2) is 5.75. The summed E-state index contributed by atoms with van der Waals surface area (Å²) in [6, 6.07) is 3.05. The topological polar surface area (TPSA) is 48.4 Å². The van der Waals surface area contributed by atoms with Gasteiger partial charge in [-0.05, 0) is 19.4 Å². The van der Waals surface area contributed by atoms with Gasteiger partial charge in [-0.25, -0.2) is 13.8 Å². The van der Waals surface area contributed by atoms with Crippen molar-refractivity contribution in [1.29, 1.82) is 0 Å². The molecule has 100 valence electrons. The van der Waals surface area contributed by atoms with Crippen LogP contribution in [-0.2, 0) is 14.9 Å². The molecule has 0 spiro atoms. The third kappa shape index (κ3) is 3.38. The molecule has 0 bridgehead atoms. The molecule has 0 aliphatic heterocycles. The van der Waals surface area contributed by atoms with E-state index < -0.39 is 24.4 Å². The Hall–Kier alpha value is -1.72. The highest BCUT2D eigenvalue weighted by atomic mass is 19.3. The number of ether oxygens (including phenoxy) is 2. The molecule has 6 heteroatoms. The molecule has 1 aromatic rings. The van der Waals surface area contributed by atoms with Crippen LogP contribution in [-0.4, -0.2) is 31.1 Å². The summed E-state index contributed by atoms with van der Waals surface area (Å²) in [5, 5.41) is 0. The minimum Gasteiger partial charge on any atom is -0.472 e. The molecule has 0 unspecified atom stereocenters. The van der Waals surface area contributed by atoms with Crippen LogP contribution in [0, 0.1) is 0 Å². The van der Waals surface area contributed by atoms with Gasteiger partial charge in [-0.3, -0.25) is 4.79 Å². The number of hydrogen-bond acceptors (Lipinski definition) is 4. The SMILES string of the molecule is COC(=O)C(C)(C)c1ccc(OCC(F)F)nc1. The number of rotatable bonds is 5. The lowest BCUT2D eigenvalue weighted by atomic mass is 9.86. The van der Waals surface area contributed by atoms with E-state index in [1.807, 2.05) is 0 Å². The first-order valence-corrected chi connectivity index (χ1v) is 5.34. The summed E-state index contributed by atoms with van der Waals surface area (Å²) >= 11 is 0. The molecule has 1 rings (SSSR count). The quantitative estimate of drug-likeness (QED) is 0.760. The van der Waals surface area contributed by atoms with E-state index >= 15 is 0 Å². The number of hydrogen-bond donors (Lipinski definition) is 0. The summed E-state index contributed by atoms with van der Waals surface area (Å²) in [4.78, 5) is 15.4. The first-order valence-electron chi connectivity index (χ1n) is 5.34. The summed E-state index contributed by atoms with van der Waals surface area (Å²) < 4.78 is 33.3. The summed E-state index contributed by atoms with van der Waals surface area (Å²) in [6.45, 7) is 2.68. The Morgan fingerprint density at radius 3 is 2.56 bits per heavy atom. The largest absolute Gasteiger partial charge is 0.472 e. The standard InChI is InChI=1S/C12H15F2NO3/c1-12(2,11(16)17-3)8-4-5-10(15-6-8)18-7-9(13)14/h4-6,9H,7H2,1-3H3. The van der Waals surface area contributed by atoms with E-state index in [0.717, 1.165) is 0 Å². The van der Waals surface area contributed by atoms with Crippen molar-refractivity contribution >= 4 is 5.97 Å². The molecule has 4 nitrogen and oxygen atoms in total. The zero-order valence-corrected chi connectivity index (χ0v) is 10.4. The van der Waals surface area contributed by atoms with Crippen LogP contribution in [0.2, 0.25) is 0 Å². The van der Waals surface area contributed by atoms with Crippen molar-refractivity contribution in [2.45, 2.75) is 25.7 Å². The highest BCUT2D eigenvalue weighted by molar-refractivity contribution is 5.81. The Morgan fingerprint density at radius 2 is 2.11 bits per heavy atom. The van der Waals surface area contributed by atoms with Gasteiger partial charge in [-0.1, -0.05) is 6.07 Å². The molecule has 0 amide bonds. The third-order valence-corrected chi connectivity index (χ3v) is 2.51. The molecule has 0 aliphatic rings. The van der Waals surface area contributed by atoms with Crippen LogP contribution in [0.4, 0.5) is 8.78 Å². The van der Waals surface area contributed by atoms with Gasteiger partial charge in [0, 0.05) is 12.3 Å². The average molecular weight is 259 g/mol. The predicted octanol–water partition coefficient (Wildman–Crippen LogP) is 2.18. The van der Waals surface area contributed by atoms with Gasteiger partial charge < -0.3 is 9.47 Å². The number of carbonyl (C=O) groups excluding carboxylic acids is 1. The van der Waals surface area contributed by atoms with Crippen molar-refractivity contribution in [2.24, 2.45) is 0 Å². The Morgan fingerprint density at radius 1 is 1.44 bits per heavy atom. The zero-order chi connectivity index (χ0) is 13.8. The molecule has 0 N–H and O–H groups in total. The van der Waals surface area contributed by atoms with Gasteiger partial charge in [0.1, 0.15) is 0 Å². The molecule has 0 aromatic carbocycles. The number of alkyl halides is 2. The first kappa shape index (κ1) is 14.3. The highest BCUT2D eigenvalue weighted by Crippen LogP contribution is 2.25. The van der Waals surface area contributed by atoms with Crippen molar-refractivity contribution in [3.8, 4) is 5.88 Å². The maximum atomic E-state index is 11.9. The molecule has 0 atom stereocenters. The zero-order valence-electron chi connectivity index (χ0n) is 10.4. The number of carbonyl (C=O) groups is 1. The Labute approximate surface area is 104 Å². The monoisotopic (exact) mass is 259 g/mol. The molecule has 0 radical (unpaired) electrons. The fourth-order valence-corrected chi connectivity index (χ4v) is 1.36. The lowest BCUT2D eigenvalue weighted by molar-refractivity contribution is -0.146. The van der Waals surface area contributed by atoms with Crippen LogP contribution < -0.4 is 4.74 Å². The number of esters is 1. The second-order valence-corrected chi connectivity index (χ2v) is 4.20. The highest BCUT2D eigenvalue weighted by Gasteiger charge is 2.31. The van der Waals surface area contributed by atoms with Crippen molar-refractivity contribution < 1.29 is 23.0 Å². The maximum Gasteiger partial charge on any atom is 0.315 e. The Balaban J connectivity index is 2.79. The maximum absolute atomic E-state index is 11.9. The Bertz CT molecular complexity index is 404. The lowest BCUT2D eigenvalue weighted by Crippen LogP contribution is -2.30. The molecule has 1 aromatic heterocycles. The van der Waals surface area contributed by atoms with Crippen LogP contribution in [0.25, 0.3) is 0 Å². The van der Waals surface area contributed by atoms with Crippen LogP contribution >= 0.6 is 0 Å². The third-order valence-electron chi connectivity index (χ3n) is 2.51.